The van der Waals surface area contributed by atoms with Crippen molar-refractivity contribution in [1.29, 1.82) is 0 Å². The van der Waals surface area contributed by atoms with Crippen LogP contribution in [0.15, 0.2) is 95.6 Å². The van der Waals surface area contributed by atoms with Gasteiger partial charge >= 0.3 is 0 Å². The Morgan fingerprint density at radius 3 is 2.55 bits per heavy atom. The van der Waals surface area contributed by atoms with Gasteiger partial charge in [-0.2, -0.15) is 0 Å². The third-order valence-electron chi connectivity index (χ3n) is 5.70. The van der Waals surface area contributed by atoms with Crippen LogP contribution in [0.3, 0.4) is 0 Å². The first-order valence-electron chi connectivity index (χ1n) is 11.9. The van der Waals surface area contributed by atoms with Crippen molar-refractivity contribution in [3.05, 3.63) is 102 Å². The highest BCUT2D eigenvalue weighted by atomic mass is 16.5. The Balaban J connectivity index is 1.44. The molecule has 0 aliphatic heterocycles. The number of aromatic nitrogens is 3. The number of carbonyl (C=O) groups is 1. The first kappa shape index (κ1) is 24.5. The lowest BCUT2D eigenvalue weighted by Gasteiger charge is -2.09. The summed E-state index contributed by atoms with van der Waals surface area (Å²) in [6, 6.07) is 26.2. The molecule has 9 heteroatoms. The summed E-state index contributed by atoms with van der Waals surface area (Å²) in [5, 5.41) is 7.06. The number of nitrogens with zero attached hydrogens (tertiary/aromatic N) is 3. The Bertz CT molecular complexity index is 1550. The van der Waals surface area contributed by atoms with Crippen LogP contribution in [0.4, 0.5) is 11.7 Å². The summed E-state index contributed by atoms with van der Waals surface area (Å²) in [5.74, 6) is 1.68. The predicted molar refractivity (Wildman–Crippen MR) is 143 cm³/mol. The van der Waals surface area contributed by atoms with E-state index < -0.39 is 0 Å². The minimum absolute atomic E-state index is 0.104. The molecule has 190 valence electrons. The Labute approximate surface area is 219 Å². The van der Waals surface area contributed by atoms with Crippen LogP contribution in [-0.4, -0.2) is 28.1 Å². The molecule has 0 spiro atoms. The van der Waals surface area contributed by atoms with Gasteiger partial charge in [0.15, 0.2) is 5.82 Å². The van der Waals surface area contributed by atoms with Crippen LogP contribution >= 0.6 is 0 Å². The van der Waals surface area contributed by atoms with Gasteiger partial charge in [0.25, 0.3) is 0 Å². The van der Waals surface area contributed by atoms with E-state index in [9.17, 15) is 4.79 Å². The maximum atomic E-state index is 12.9. The summed E-state index contributed by atoms with van der Waals surface area (Å²) in [6.45, 7) is 0.417. The van der Waals surface area contributed by atoms with Crippen molar-refractivity contribution in [1.82, 2.24) is 15.1 Å². The van der Waals surface area contributed by atoms with Gasteiger partial charge in [-0.3, -0.25) is 10.1 Å². The second-order valence-corrected chi connectivity index (χ2v) is 8.42. The molecule has 0 unspecified atom stereocenters. The number of nitrogens with two attached hydrogens (primary N) is 1. The molecule has 0 radical (unpaired) electrons. The maximum Gasteiger partial charge on any atom is 0.243 e. The summed E-state index contributed by atoms with van der Waals surface area (Å²) >= 11 is 0. The molecule has 38 heavy (non-hydrogen) atoms. The van der Waals surface area contributed by atoms with E-state index in [-0.39, 0.29) is 29.9 Å². The van der Waals surface area contributed by atoms with Crippen molar-refractivity contribution >= 4 is 17.6 Å². The molecule has 0 atom stereocenters. The fraction of sp³-hybridized carbons (Fsp3) is 0.103. The molecule has 2 aromatic heterocycles. The maximum absolute atomic E-state index is 12.9. The Hall–Kier alpha value is -5.18. The number of amides is 1. The third-order valence-corrected chi connectivity index (χ3v) is 5.70. The van der Waals surface area contributed by atoms with Crippen LogP contribution in [0, 0.1) is 0 Å². The molecule has 2 heterocycles. The van der Waals surface area contributed by atoms with Crippen molar-refractivity contribution in [2.45, 2.75) is 13.0 Å². The van der Waals surface area contributed by atoms with Gasteiger partial charge in [-0.25, -0.2) is 9.97 Å². The van der Waals surface area contributed by atoms with E-state index in [2.05, 4.69) is 20.4 Å². The minimum Gasteiger partial charge on any atom is -0.497 e. The van der Waals surface area contributed by atoms with Crippen molar-refractivity contribution in [3.8, 4) is 34.1 Å². The van der Waals surface area contributed by atoms with Gasteiger partial charge in [0.1, 0.15) is 35.2 Å². The normalized spacial score (nSPS) is 10.7. The summed E-state index contributed by atoms with van der Waals surface area (Å²) in [5.41, 5.74) is 9.32. The second-order valence-electron chi connectivity index (χ2n) is 8.42. The number of benzene rings is 3. The molecule has 0 saturated carbocycles. The van der Waals surface area contributed by atoms with Crippen LogP contribution in [0.5, 0.6) is 11.5 Å². The molecule has 0 saturated heterocycles. The molecular formula is C29H25N5O4. The number of anilines is 2. The average Bonchev–Trinajstić information content (AvgIpc) is 3.36. The van der Waals surface area contributed by atoms with Crippen molar-refractivity contribution in [2.75, 3.05) is 18.2 Å². The highest BCUT2D eigenvalue weighted by Gasteiger charge is 2.24. The zero-order valence-corrected chi connectivity index (χ0v) is 20.6. The zero-order valence-electron chi connectivity index (χ0n) is 20.6. The lowest BCUT2D eigenvalue weighted by atomic mass is 10.1. The number of ether oxygens (including phenoxy) is 2. The van der Waals surface area contributed by atoms with Gasteiger partial charge in [-0.1, -0.05) is 59.8 Å². The van der Waals surface area contributed by atoms with E-state index in [1.807, 2.05) is 72.8 Å². The monoisotopic (exact) mass is 507 g/mol. The number of rotatable bonds is 9. The van der Waals surface area contributed by atoms with E-state index >= 15 is 0 Å². The van der Waals surface area contributed by atoms with Gasteiger partial charge in [-0.05, 0) is 41.5 Å². The number of nitrogens with one attached hydrogen (secondary N) is 1. The molecule has 5 rings (SSSR count). The van der Waals surface area contributed by atoms with E-state index in [4.69, 9.17) is 19.7 Å². The first-order chi connectivity index (χ1) is 18.6. The van der Waals surface area contributed by atoms with Gasteiger partial charge in [0.2, 0.25) is 11.8 Å². The Morgan fingerprint density at radius 2 is 1.74 bits per heavy atom. The molecule has 3 aromatic carbocycles. The first-order valence-corrected chi connectivity index (χ1v) is 11.9. The predicted octanol–water partition coefficient (Wildman–Crippen LogP) is 5.15. The number of nitrogen functional groups attached to an aromatic ring is 1. The van der Waals surface area contributed by atoms with E-state index in [0.717, 1.165) is 11.1 Å². The highest BCUT2D eigenvalue weighted by Crippen LogP contribution is 2.37. The van der Waals surface area contributed by atoms with Crippen LogP contribution < -0.4 is 20.5 Å². The number of carbonyl (C=O) groups excluding carboxylic acids is 1. The summed E-state index contributed by atoms with van der Waals surface area (Å²) < 4.78 is 16.8. The highest BCUT2D eigenvalue weighted by molar-refractivity contribution is 5.97. The topological polar surface area (TPSA) is 125 Å². The van der Waals surface area contributed by atoms with Gasteiger partial charge < -0.3 is 19.7 Å². The average molecular weight is 508 g/mol. The van der Waals surface area contributed by atoms with Crippen LogP contribution in [0.1, 0.15) is 11.1 Å². The van der Waals surface area contributed by atoms with Crippen molar-refractivity contribution in [3.63, 3.8) is 0 Å². The molecule has 0 aliphatic carbocycles. The van der Waals surface area contributed by atoms with E-state index in [1.54, 1.807) is 19.2 Å². The molecule has 5 aromatic rings. The second kappa shape index (κ2) is 11.3. The van der Waals surface area contributed by atoms with Gasteiger partial charge in [0, 0.05) is 11.8 Å². The standard InChI is InChI=1S/C29H25N5O4/c1-36-22-11-5-9-20(15-22)16-25(35)33-29-26(28-31-14-13-24(30)32-28)27(34-38-29)21-10-6-12-23(17-21)37-18-19-7-3-2-4-8-19/h2-15,17H,16,18H2,1H3,(H,33,35)(H2,30,31,32). The summed E-state index contributed by atoms with van der Waals surface area (Å²) in [6.07, 6.45) is 1.64. The quantitative estimate of drug-likeness (QED) is 0.281. The summed E-state index contributed by atoms with van der Waals surface area (Å²) in [4.78, 5) is 21.6. The van der Waals surface area contributed by atoms with Crippen LogP contribution in [-0.2, 0) is 17.8 Å². The fourth-order valence-corrected chi connectivity index (χ4v) is 3.89. The fourth-order valence-electron chi connectivity index (χ4n) is 3.89. The Morgan fingerprint density at radius 1 is 0.947 bits per heavy atom. The molecular weight excluding hydrogens is 482 g/mol. The number of methoxy groups -OCH3 is 1. The molecule has 1 amide bonds. The van der Waals surface area contributed by atoms with Crippen molar-refractivity contribution in [2.24, 2.45) is 0 Å². The van der Waals surface area contributed by atoms with Gasteiger partial charge in [-0.15, -0.1) is 0 Å². The molecule has 0 fully saturated rings. The van der Waals surface area contributed by atoms with E-state index in [0.29, 0.717) is 34.9 Å². The van der Waals surface area contributed by atoms with Crippen LogP contribution in [0.2, 0.25) is 0 Å². The largest absolute Gasteiger partial charge is 0.497 e. The lowest BCUT2D eigenvalue weighted by molar-refractivity contribution is -0.115. The summed E-state index contributed by atoms with van der Waals surface area (Å²) in [7, 11) is 1.58. The zero-order chi connectivity index (χ0) is 26.3. The number of hydrogen-bond donors (Lipinski definition) is 2. The number of hydrogen-bond acceptors (Lipinski definition) is 8. The van der Waals surface area contributed by atoms with Crippen molar-refractivity contribution < 1.29 is 18.8 Å². The van der Waals surface area contributed by atoms with E-state index in [1.165, 1.54) is 6.20 Å². The van der Waals surface area contributed by atoms with Gasteiger partial charge in [0.05, 0.1) is 13.5 Å². The third kappa shape index (κ3) is 5.79. The Kier molecular flexibility index (Phi) is 7.26. The minimum atomic E-state index is -0.300. The molecule has 3 N–H and O–H groups in total. The SMILES string of the molecule is COc1cccc(CC(=O)Nc2onc(-c3cccc(OCc4ccccc4)c3)c2-c2nccc(N)n2)c1. The van der Waals surface area contributed by atoms with Crippen LogP contribution in [0.25, 0.3) is 22.6 Å². The molecule has 9 nitrogen and oxygen atoms in total. The molecule has 0 bridgehead atoms. The lowest BCUT2D eigenvalue weighted by Crippen LogP contribution is -2.14. The smallest absolute Gasteiger partial charge is 0.243 e. The molecule has 0 aliphatic rings.